The lowest BCUT2D eigenvalue weighted by Crippen LogP contribution is -2.55. The first-order chi connectivity index (χ1) is 8.57. The molecule has 2 aliphatic rings. The van der Waals surface area contributed by atoms with E-state index in [1.807, 2.05) is 7.05 Å². The summed E-state index contributed by atoms with van der Waals surface area (Å²) >= 11 is 5.03. The monoisotopic (exact) mass is 271 g/mol. The van der Waals surface area contributed by atoms with E-state index in [2.05, 4.69) is 15.1 Å². The Morgan fingerprint density at radius 3 is 2.94 bits per heavy atom. The molecule has 1 atom stereocenters. The van der Waals surface area contributed by atoms with E-state index < -0.39 is 11.4 Å². The van der Waals surface area contributed by atoms with E-state index in [9.17, 15) is 9.90 Å². The van der Waals surface area contributed by atoms with Gasteiger partial charge in [-0.25, -0.2) is 0 Å². The molecule has 0 bridgehead atoms. The summed E-state index contributed by atoms with van der Waals surface area (Å²) in [6.07, 6.45) is 1.62. The lowest BCUT2D eigenvalue weighted by molar-refractivity contribution is -0.144. The minimum absolute atomic E-state index is 0.353. The Morgan fingerprint density at radius 2 is 2.39 bits per heavy atom. The van der Waals surface area contributed by atoms with Crippen LogP contribution >= 0.6 is 12.2 Å². The predicted molar refractivity (Wildman–Crippen MR) is 73.8 cm³/mol. The zero-order valence-electron chi connectivity index (χ0n) is 10.8. The first-order valence-corrected chi connectivity index (χ1v) is 6.88. The molecule has 0 aromatic heterocycles. The Morgan fingerprint density at radius 1 is 1.67 bits per heavy atom. The lowest BCUT2D eigenvalue weighted by Gasteiger charge is -2.37. The number of piperazine rings is 1. The van der Waals surface area contributed by atoms with Crippen molar-refractivity contribution >= 4 is 23.7 Å². The number of rotatable bonds is 6. The SMILES string of the molecule is CN(CC1CNCCN1C=S)CC1(C(=O)O)CC1. The third-order valence-corrected chi connectivity index (χ3v) is 4.20. The number of carbonyl (C=O) groups is 1. The fourth-order valence-corrected chi connectivity index (χ4v) is 2.89. The molecule has 0 aromatic carbocycles. The third-order valence-electron chi connectivity index (χ3n) is 3.93. The molecule has 5 nitrogen and oxygen atoms in total. The molecule has 1 aliphatic carbocycles. The van der Waals surface area contributed by atoms with E-state index in [0.29, 0.717) is 12.6 Å². The van der Waals surface area contributed by atoms with Crippen LogP contribution in [0.5, 0.6) is 0 Å². The van der Waals surface area contributed by atoms with Crippen LogP contribution in [0.3, 0.4) is 0 Å². The summed E-state index contributed by atoms with van der Waals surface area (Å²) in [4.78, 5) is 15.5. The fourth-order valence-electron chi connectivity index (χ4n) is 2.62. The smallest absolute Gasteiger partial charge is 0.310 e. The molecule has 18 heavy (non-hydrogen) atoms. The van der Waals surface area contributed by atoms with Crippen molar-refractivity contribution < 1.29 is 9.90 Å². The summed E-state index contributed by atoms with van der Waals surface area (Å²) in [5.41, 5.74) is 1.25. The van der Waals surface area contributed by atoms with Crippen LogP contribution in [0.1, 0.15) is 12.8 Å². The van der Waals surface area contributed by atoms with Crippen molar-refractivity contribution in [2.45, 2.75) is 18.9 Å². The van der Waals surface area contributed by atoms with E-state index in [1.165, 1.54) is 0 Å². The van der Waals surface area contributed by atoms with Crippen LogP contribution in [-0.4, -0.2) is 72.2 Å². The number of likely N-dealkylation sites (N-methyl/N-ethyl adjacent to an activating group) is 1. The zero-order valence-corrected chi connectivity index (χ0v) is 11.6. The van der Waals surface area contributed by atoms with Gasteiger partial charge in [0.2, 0.25) is 0 Å². The van der Waals surface area contributed by atoms with Gasteiger partial charge in [-0.2, -0.15) is 0 Å². The highest BCUT2D eigenvalue weighted by atomic mass is 32.1. The van der Waals surface area contributed by atoms with Crippen molar-refractivity contribution in [2.75, 3.05) is 39.8 Å². The van der Waals surface area contributed by atoms with Crippen LogP contribution in [0, 0.1) is 5.41 Å². The zero-order chi connectivity index (χ0) is 13.2. The van der Waals surface area contributed by atoms with Gasteiger partial charge in [-0.1, -0.05) is 12.2 Å². The average molecular weight is 271 g/mol. The molecule has 1 saturated carbocycles. The highest BCUT2D eigenvalue weighted by molar-refractivity contribution is 7.78. The van der Waals surface area contributed by atoms with Gasteiger partial charge >= 0.3 is 5.97 Å². The average Bonchev–Trinajstić information content (AvgIpc) is 3.10. The standard InChI is InChI=1S/C12H21N3O2S/c1-14(8-12(2-3-12)11(16)17)7-10-6-13-4-5-15(10)9-18/h9-10,13H,2-8H2,1H3,(H,16,17). The molecule has 1 saturated heterocycles. The van der Waals surface area contributed by atoms with Gasteiger partial charge in [0.25, 0.3) is 0 Å². The first kappa shape index (κ1) is 13.7. The van der Waals surface area contributed by atoms with E-state index in [1.54, 1.807) is 5.49 Å². The number of carboxylic acid groups (broad SMARTS) is 1. The highest BCUT2D eigenvalue weighted by Crippen LogP contribution is 2.46. The van der Waals surface area contributed by atoms with Crippen molar-refractivity contribution in [1.82, 2.24) is 15.1 Å². The molecule has 0 amide bonds. The summed E-state index contributed by atoms with van der Waals surface area (Å²) in [7, 11) is 2.00. The van der Waals surface area contributed by atoms with E-state index in [4.69, 9.17) is 12.2 Å². The Kier molecular flexibility index (Phi) is 4.19. The third kappa shape index (κ3) is 2.99. The second-order valence-corrected chi connectivity index (χ2v) is 5.69. The van der Waals surface area contributed by atoms with Gasteiger partial charge in [0, 0.05) is 32.7 Å². The summed E-state index contributed by atoms with van der Waals surface area (Å²) in [6, 6.07) is 0.353. The topological polar surface area (TPSA) is 55.8 Å². The van der Waals surface area contributed by atoms with Crippen molar-refractivity contribution in [3.8, 4) is 0 Å². The second kappa shape index (κ2) is 5.50. The predicted octanol–water partition coefficient (Wildman–Crippen LogP) is 0.0140. The number of carboxylic acids is 1. The molecule has 1 aliphatic heterocycles. The van der Waals surface area contributed by atoms with Gasteiger partial charge in [-0.3, -0.25) is 4.79 Å². The summed E-state index contributed by atoms with van der Waals surface area (Å²) in [6.45, 7) is 4.31. The van der Waals surface area contributed by atoms with Crippen LogP contribution in [0.4, 0.5) is 0 Å². The normalized spacial score (nSPS) is 26.1. The first-order valence-electron chi connectivity index (χ1n) is 6.41. The van der Waals surface area contributed by atoms with Crippen LogP contribution in [0.15, 0.2) is 0 Å². The van der Waals surface area contributed by atoms with Gasteiger partial charge < -0.3 is 20.2 Å². The molecule has 0 spiro atoms. The molecule has 2 fully saturated rings. The van der Waals surface area contributed by atoms with Gasteiger partial charge in [-0.05, 0) is 19.9 Å². The molecule has 2 rings (SSSR count). The maximum Gasteiger partial charge on any atom is 0.310 e. The van der Waals surface area contributed by atoms with Gasteiger partial charge in [0.05, 0.1) is 16.9 Å². The van der Waals surface area contributed by atoms with Crippen LogP contribution in [0.2, 0.25) is 0 Å². The Bertz CT molecular complexity index is 333. The van der Waals surface area contributed by atoms with E-state index >= 15 is 0 Å². The molecular weight excluding hydrogens is 250 g/mol. The highest BCUT2D eigenvalue weighted by Gasteiger charge is 2.50. The maximum atomic E-state index is 11.2. The molecule has 6 heteroatoms. The molecule has 2 N–H and O–H groups in total. The number of nitrogens with one attached hydrogen (secondary N) is 1. The second-order valence-electron chi connectivity index (χ2n) is 5.48. The fraction of sp³-hybridized carbons (Fsp3) is 0.833. The Balaban J connectivity index is 1.84. The van der Waals surface area contributed by atoms with E-state index in [0.717, 1.165) is 39.0 Å². The Hall–Kier alpha value is -0.720. The molecule has 0 radical (unpaired) electrons. The van der Waals surface area contributed by atoms with Crippen molar-refractivity contribution in [3.63, 3.8) is 0 Å². The minimum Gasteiger partial charge on any atom is -0.481 e. The van der Waals surface area contributed by atoms with Crippen LogP contribution < -0.4 is 5.32 Å². The van der Waals surface area contributed by atoms with Gasteiger partial charge in [0.1, 0.15) is 0 Å². The number of aliphatic carboxylic acids is 1. The van der Waals surface area contributed by atoms with Crippen LogP contribution in [0.25, 0.3) is 0 Å². The number of hydrogen-bond donors (Lipinski definition) is 2. The minimum atomic E-state index is -0.650. The summed E-state index contributed by atoms with van der Waals surface area (Å²) in [5.74, 6) is -0.650. The van der Waals surface area contributed by atoms with Crippen molar-refractivity contribution in [2.24, 2.45) is 5.41 Å². The maximum absolute atomic E-state index is 11.2. The molecular formula is C12H21N3O2S. The number of hydrogen-bond acceptors (Lipinski definition) is 4. The van der Waals surface area contributed by atoms with Gasteiger partial charge in [-0.15, -0.1) is 0 Å². The number of thiocarbonyl (C=S) groups is 1. The lowest BCUT2D eigenvalue weighted by atomic mass is 10.1. The molecule has 0 aromatic rings. The Labute approximate surface area is 113 Å². The molecule has 1 unspecified atom stereocenters. The summed E-state index contributed by atoms with van der Waals surface area (Å²) < 4.78 is 0. The van der Waals surface area contributed by atoms with Crippen molar-refractivity contribution in [3.05, 3.63) is 0 Å². The number of nitrogens with zero attached hydrogens (tertiary/aromatic N) is 2. The molecule has 102 valence electrons. The largest absolute Gasteiger partial charge is 0.481 e. The van der Waals surface area contributed by atoms with E-state index in [-0.39, 0.29) is 0 Å². The van der Waals surface area contributed by atoms with Crippen LogP contribution in [-0.2, 0) is 4.79 Å². The summed E-state index contributed by atoms with van der Waals surface area (Å²) in [5, 5.41) is 12.5. The quantitative estimate of drug-likeness (QED) is 0.664. The van der Waals surface area contributed by atoms with Gasteiger partial charge in [0.15, 0.2) is 0 Å². The van der Waals surface area contributed by atoms with Crippen molar-refractivity contribution in [1.29, 1.82) is 0 Å². The molecule has 1 heterocycles.